The van der Waals surface area contributed by atoms with Crippen LogP contribution in [0.2, 0.25) is 0 Å². The second-order valence-electron chi connectivity index (χ2n) is 56.4. The van der Waals surface area contributed by atoms with E-state index in [2.05, 4.69) is 344 Å². The number of benzene rings is 4. The van der Waals surface area contributed by atoms with Crippen molar-refractivity contribution in [3.8, 4) is 6.07 Å². The Hall–Kier alpha value is -5.61. The molecule has 147 heavy (non-hydrogen) atoms. The minimum Gasteiger partial charge on any atom is -0.395 e. The summed E-state index contributed by atoms with van der Waals surface area (Å²) in [6.07, 6.45) is 24.4. The molecule has 1 amide bonds. The molecule has 7 saturated heterocycles. The van der Waals surface area contributed by atoms with Crippen molar-refractivity contribution in [1.82, 2.24) is 44.2 Å². The second kappa shape index (κ2) is 65.9. The molecular formula is C131H232F4N10O2. The van der Waals surface area contributed by atoms with Crippen LogP contribution in [-0.2, 0) is 26.5 Å². The van der Waals surface area contributed by atoms with Gasteiger partial charge in [0.15, 0.2) is 0 Å². The van der Waals surface area contributed by atoms with Gasteiger partial charge in [0.05, 0.1) is 12.7 Å². The highest BCUT2D eigenvalue weighted by Gasteiger charge is 2.35. The molecule has 0 radical (unpaired) electrons. The Kier molecular flexibility index (Phi) is 62.5. The number of hydrogen-bond acceptors (Lipinski definition) is 11. The van der Waals surface area contributed by atoms with Gasteiger partial charge in [-0.2, -0.15) is 5.26 Å². The number of aryl methyl sites for hydroxylation is 5. The molecule has 5 aromatic rings. The summed E-state index contributed by atoms with van der Waals surface area (Å²) in [6, 6.07) is 25.1. The smallest absolute Gasteiger partial charge is 0.219 e. The molecule has 7 fully saturated rings. The van der Waals surface area contributed by atoms with Crippen molar-refractivity contribution in [2.75, 3.05) is 158 Å². The molecule has 1 N–H and O–H groups in total. The van der Waals surface area contributed by atoms with E-state index in [4.69, 9.17) is 10.4 Å². The summed E-state index contributed by atoms with van der Waals surface area (Å²) in [5, 5.41) is 17.3. The van der Waals surface area contributed by atoms with Gasteiger partial charge in [0.2, 0.25) is 5.91 Å². The molecule has 0 aliphatic carbocycles. The number of β-amino-alcohol motifs (C(OH)–C–C–N with tert-alkyl or cyclic N) is 1. The van der Waals surface area contributed by atoms with Crippen LogP contribution in [0.4, 0.5) is 17.6 Å². The van der Waals surface area contributed by atoms with Crippen molar-refractivity contribution >= 4 is 5.91 Å². The average Bonchev–Trinajstić information content (AvgIpc) is 0.912. The fourth-order valence-electron chi connectivity index (χ4n) is 20.7. The summed E-state index contributed by atoms with van der Waals surface area (Å²) < 4.78 is 51.6. The minimum atomic E-state index is -0.514. The lowest BCUT2D eigenvalue weighted by Gasteiger charge is -2.38. The third-order valence-corrected chi connectivity index (χ3v) is 31.0. The molecule has 0 spiro atoms. The summed E-state index contributed by atoms with van der Waals surface area (Å²) in [7, 11) is 2.22. The lowest BCUT2D eigenvalue weighted by Crippen LogP contribution is -2.46. The van der Waals surface area contributed by atoms with Gasteiger partial charge in [0, 0.05) is 89.7 Å². The first-order valence-corrected chi connectivity index (χ1v) is 57.7. The van der Waals surface area contributed by atoms with Gasteiger partial charge in [-0.05, 0) is 394 Å². The lowest BCUT2D eigenvalue weighted by molar-refractivity contribution is -0.130. The molecule has 0 unspecified atom stereocenters. The molecule has 0 atom stereocenters. The summed E-state index contributed by atoms with van der Waals surface area (Å²) in [4.78, 5) is 34.7. The normalized spacial score (nSPS) is 17.7. The minimum absolute atomic E-state index is 0.157. The predicted octanol–water partition coefficient (Wildman–Crippen LogP) is 33.0. The van der Waals surface area contributed by atoms with Crippen molar-refractivity contribution in [2.24, 2.45) is 67.5 Å². The van der Waals surface area contributed by atoms with Gasteiger partial charge in [0.1, 0.15) is 23.3 Å². The van der Waals surface area contributed by atoms with E-state index in [1.807, 2.05) is 38.1 Å². The van der Waals surface area contributed by atoms with Gasteiger partial charge in [-0.3, -0.25) is 9.78 Å². The second-order valence-corrected chi connectivity index (χ2v) is 56.4. The van der Waals surface area contributed by atoms with E-state index in [0.29, 0.717) is 62.4 Å². The monoisotopic (exact) mass is 2050 g/mol. The molecule has 8 heterocycles. The van der Waals surface area contributed by atoms with Crippen LogP contribution < -0.4 is 0 Å². The number of piperidine rings is 5. The predicted molar refractivity (Wildman–Crippen MR) is 632 cm³/mol. The van der Waals surface area contributed by atoms with E-state index in [1.165, 1.54) is 289 Å². The number of likely N-dealkylation sites (tertiary alicyclic amines) is 6. The zero-order valence-corrected chi connectivity index (χ0v) is 104. The summed E-state index contributed by atoms with van der Waals surface area (Å²) in [6.45, 7) is 122. The first-order chi connectivity index (χ1) is 67.5. The number of nitriles is 1. The van der Waals surface area contributed by atoms with Crippen LogP contribution >= 0.6 is 0 Å². The zero-order chi connectivity index (χ0) is 113. The number of rotatable bonds is 12. The number of aliphatic hydroxyl groups excluding tert-OH is 1. The van der Waals surface area contributed by atoms with Gasteiger partial charge < -0.3 is 44.3 Å². The Morgan fingerprint density at radius 3 is 1.01 bits per heavy atom. The maximum atomic E-state index is 13.1. The molecule has 4 aromatic carbocycles. The highest BCUT2D eigenvalue weighted by Crippen LogP contribution is 2.40. The largest absolute Gasteiger partial charge is 0.395 e. The number of hydrogen-bond donors (Lipinski definition) is 1. The Balaban J connectivity index is 0.000000803. The van der Waals surface area contributed by atoms with Crippen molar-refractivity contribution in [3.63, 3.8) is 0 Å². The number of piperazine rings is 1. The van der Waals surface area contributed by atoms with Crippen LogP contribution in [-0.4, -0.2) is 213 Å². The number of carbonyl (C=O) groups excluding carboxylic acids is 1. The van der Waals surface area contributed by atoms with E-state index in [-0.39, 0.29) is 27.7 Å². The van der Waals surface area contributed by atoms with E-state index >= 15 is 0 Å². The topological polar surface area (TPSA) is 99.9 Å². The third-order valence-electron chi connectivity index (χ3n) is 31.0. The third kappa shape index (κ3) is 60.7. The van der Waals surface area contributed by atoms with E-state index in [9.17, 15) is 22.4 Å². The Morgan fingerprint density at radius 2 is 0.721 bits per heavy atom. The van der Waals surface area contributed by atoms with Crippen molar-refractivity contribution < 1.29 is 27.5 Å². The molecule has 16 heteroatoms. The highest BCUT2D eigenvalue weighted by molar-refractivity contribution is 5.73. The first kappa shape index (κ1) is 139. The SMILES string of the molecule is CC(=O)N1CCC(C(C)(C)C)CC1.CC(C)(C)C1CCN(CCC#N)CC1.CC(C)(C)C1CCN(CCO)CC1.CC(C)(C)CCN1CCCC1.CC(C)(C)c1c(F)cccc1F.CC(C)(C)c1cc(F)cc(F)c1.CCCN1CCC(C(C)(C)C)CC1.CCN1CCN(CCC(C)(C)C)CC1.CN1CCC(C(C)(C)C)CC1.Cc1cc(C)cc(C(C)(C)C)c1.Cc1cccc(C)c1C(C)(C)C.Cc1ccncc1C(C)C. The van der Waals surface area contributed by atoms with E-state index < -0.39 is 28.7 Å². The molecule has 0 bridgehead atoms. The van der Waals surface area contributed by atoms with Crippen molar-refractivity contribution in [1.29, 1.82) is 5.26 Å². The molecule has 1 aromatic heterocycles. The Morgan fingerprint density at radius 1 is 0.395 bits per heavy atom. The van der Waals surface area contributed by atoms with Gasteiger partial charge in [0.25, 0.3) is 0 Å². The highest BCUT2D eigenvalue weighted by atomic mass is 19.1. The van der Waals surface area contributed by atoms with Crippen molar-refractivity contribution in [3.05, 3.63) is 170 Å². The number of amides is 1. The summed E-state index contributed by atoms with van der Waals surface area (Å²) >= 11 is 0. The quantitative estimate of drug-likeness (QED) is 0.121. The maximum absolute atomic E-state index is 13.1. The van der Waals surface area contributed by atoms with E-state index in [0.717, 1.165) is 61.8 Å². The number of aliphatic hydroxyl groups is 1. The molecule has 846 valence electrons. The number of carbonyl (C=O) groups is 1. The van der Waals surface area contributed by atoms with Crippen LogP contribution in [0.5, 0.6) is 0 Å². The van der Waals surface area contributed by atoms with Crippen molar-refractivity contribution in [2.45, 2.75) is 428 Å². The molecule has 7 aliphatic heterocycles. The molecular weight excluding hydrogens is 1820 g/mol. The molecule has 0 saturated carbocycles. The van der Waals surface area contributed by atoms with Gasteiger partial charge in [-0.25, -0.2) is 17.6 Å². The Labute approximate surface area is 906 Å². The standard InChI is InChI=1S/C12H22N2.C12H26N2.C12H25N.2C12H18.C11H21NO.C11H23NO.2C10H12F2.2C10H21N.C9H13N/c1-12(2,3)11-5-9-14(10-6-11)8-4-7-13;1-5-13-8-10-14(11-9-13)7-6-12(2,3)4;1-5-8-13-9-6-11(7-10-13)12(2,3)4;1-9-6-10(2)8-11(7-9)12(3,4)5;1-9-7-6-8-10(2)11(9)12(3,4)5;1-9(13)12-7-5-10(6-8-12)11(2,3)4;1-11(2,3)10-4-6-12(7-5-10)8-9-13;1-10(2,3)7-4-8(11)6-9(12)5-7;1-10(2,3)9-7(11)5-4-6-8(9)12;1-10(2,3)9-5-7-11(4)8-6-9;1-10(2,3)6-9-11-7-4-5-8-11;1-7(2)9-6-10-5-4-8(9)3/h11H,4-6,8-10H2,1-3H3;5-11H2,1-4H3;11H,5-10H2,1-4H3;2*6-8H,1-5H3;10H,5-8H2,1-4H3;10,13H,4-9H2,1-3H3;2*4-6H,1-3H3;9H,5-8H2,1-4H3;4-9H2,1-3H3;4-7H,1-3H3. The summed E-state index contributed by atoms with van der Waals surface area (Å²) in [5.74, 6) is 3.25. The van der Waals surface area contributed by atoms with Crippen LogP contribution in [0.3, 0.4) is 0 Å². The van der Waals surface area contributed by atoms with Crippen LogP contribution in [0.1, 0.15) is 427 Å². The first-order valence-electron chi connectivity index (χ1n) is 57.7. The maximum Gasteiger partial charge on any atom is 0.219 e. The van der Waals surface area contributed by atoms with Gasteiger partial charge in [-0.1, -0.05) is 310 Å². The number of nitrogens with zero attached hydrogens (tertiary/aromatic N) is 10. The van der Waals surface area contributed by atoms with E-state index in [1.54, 1.807) is 27.7 Å². The fourth-order valence-corrected chi connectivity index (χ4v) is 20.7. The molecule has 12 nitrogen and oxygen atoms in total. The van der Waals surface area contributed by atoms with Crippen LogP contribution in [0, 0.1) is 137 Å². The molecule has 7 aliphatic rings. The Bertz CT molecular complexity index is 4140. The fraction of sp³-hybridized carbons (Fsp3) is 0.763. The number of pyridine rings is 1. The lowest BCUT2D eigenvalue weighted by atomic mass is 9.75. The van der Waals surface area contributed by atoms with Gasteiger partial charge in [-0.15, -0.1) is 0 Å². The number of aromatic nitrogens is 1. The van der Waals surface area contributed by atoms with Gasteiger partial charge >= 0.3 is 0 Å². The zero-order valence-electron chi connectivity index (χ0n) is 104. The summed E-state index contributed by atoms with van der Waals surface area (Å²) in [5.41, 5.74) is 15.2. The van der Waals surface area contributed by atoms with Crippen LogP contribution in [0.25, 0.3) is 0 Å². The number of halogens is 4. The van der Waals surface area contributed by atoms with Crippen LogP contribution in [0.15, 0.2) is 91.3 Å². The average molecular weight is 2060 g/mol. The number of likely N-dealkylation sites (N-methyl/N-ethyl adjacent to an activating group) is 1. The molecule has 12 rings (SSSR count).